The molecule has 0 aliphatic carbocycles. The third-order valence-electron chi connectivity index (χ3n) is 4.07. The first-order chi connectivity index (χ1) is 12.0. The molecule has 1 aromatic carbocycles. The van der Waals surface area contributed by atoms with Gasteiger partial charge in [0.1, 0.15) is 6.26 Å². The molecule has 3 rings (SSSR count). The van der Waals surface area contributed by atoms with Crippen LogP contribution in [0.2, 0.25) is 10.0 Å². The van der Waals surface area contributed by atoms with Crippen molar-refractivity contribution in [2.45, 2.75) is 0 Å². The molecule has 6 nitrogen and oxygen atoms in total. The molecule has 0 radical (unpaired) electrons. The number of furan rings is 1. The van der Waals surface area contributed by atoms with Crippen molar-refractivity contribution in [1.29, 1.82) is 0 Å². The van der Waals surface area contributed by atoms with E-state index in [0.29, 0.717) is 43.1 Å². The van der Waals surface area contributed by atoms with E-state index >= 15 is 0 Å². The largest absolute Gasteiger partial charge is 0.494 e. The fraction of sp³-hybridized carbons (Fsp3) is 0.294. The summed E-state index contributed by atoms with van der Waals surface area (Å²) in [5.41, 5.74) is 0.902. The lowest BCUT2D eigenvalue weighted by molar-refractivity contribution is 0.0535. The van der Waals surface area contributed by atoms with Gasteiger partial charge in [-0.2, -0.15) is 0 Å². The highest BCUT2D eigenvalue weighted by molar-refractivity contribution is 6.37. The fourth-order valence-corrected chi connectivity index (χ4v) is 3.38. The highest BCUT2D eigenvalue weighted by atomic mass is 35.5. The van der Waals surface area contributed by atoms with Crippen LogP contribution in [0.5, 0.6) is 5.75 Å². The average Bonchev–Trinajstić information content (AvgIpc) is 3.15. The van der Waals surface area contributed by atoms with Gasteiger partial charge in [-0.05, 0) is 18.2 Å². The molecule has 25 heavy (non-hydrogen) atoms. The first-order valence-electron chi connectivity index (χ1n) is 7.65. The Balaban J connectivity index is 1.67. The summed E-state index contributed by atoms with van der Waals surface area (Å²) in [7, 11) is 1.46. The standard InChI is InChI=1S/C17H16Cl2N2O4/c1-24-15-13(18)8-12(9-14(15)19)17(23)21-5-3-20(4-6-21)16(22)11-2-7-25-10-11/h2,7-10H,3-6H2,1H3. The molecule has 1 aliphatic rings. The summed E-state index contributed by atoms with van der Waals surface area (Å²) in [5.74, 6) is 0.0636. The summed E-state index contributed by atoms with van der Waals surface area (Å²) in [6.45, 7) is 1.77. The molecule has 1 aliphatic heterocycles. The Morgan fingerprint density at radius 2 is 1.52 bits per heavy atom. The number of methoxy groups -OCH3 is 1. The van der Waals surface area contributed by atoms with Gasteiger partial charge >= 0.3 is 0 Å². The van der Waals surface area contributed by atoms with Gasteiger partial charge in [-0.25, -0.2) is 0 Å². The number of halogens is 2. The molecule has 2 heterocycles. The second-order valence-corrected chi connectivity index (χ2v) is 6.38. The van der Waals surface area contributed by atoms with Gasteiger partial charge in [-0.15, -0.1) is 0 Å². The number of amides is 2. The Hall–Kier alpha value is -2.18. The zero-order valence-corrected chi connectivity index (χ0v) is 15.0. The van der Waals surface area contributed by atoms with Crippen LogP contribution in [0.15, 0.2) is 35.1 Å². The van der Waals surface area contributed by atoms with Gasteiger partial charge in [0.05, 0.1) is 29.0 Å². The van der Waals surface area contributed by atoms with Crippen molar-refractivity contribution in [2.75, 3.05) is 33.3 Å². The lowest BCUT2D eigenvalue weighted by atomic mass is 10.1. The van der Waals surface area contributed by atoms with E-state index in [1.165, 1.54) is 31.8 Å². The molecule has 2 aromatic rings. The molecule has 2 amide bonds. The van der Waals surface area contributed by atoms with E-state index in [9.17, 15) is 9.59 Å². The summed E-state index contributed by atoms with van der Waals surface area (Å²) in [5, 5.41) is 0.569. The second kappa shape index (κ2) is 7.37. The number of ether oxygens (including phenoxy) is 1. The molecule has 0 bridgehead atoms. The van der Waals surface area contributed by atoms with Gasteiger partial charge < -0.3 is 19.0 Å². The average molecular weight is 383 g/mol. The quantitative estimate of drug-likeness (QED) is 0.817. The highest BCUT2D eigenvalue weighted by Gasteiger charge is 2.26. The van der Waals surface area contributed by atoms with E-state index in [1.807, 2.05) is 0 Å². The molecule has 0 unspecified atom stereocenters. The number of hydrogen-bond acceptors (Lipinski definition) is 4. The van der Waals surface area contributed by atoms with Crippen LogP contribution in [-0.4, -0.2) is 54.9 Å². The maximum Gasteiger partial charge on any atom is 0.257 e. The molecule has 8 heteroatoms. The predicted molar refractivity (Wildman–Crippen MR) is 93.5 cm³/mol. The summed E-state index contributed by atoms with van der Waals surface area (Å²) >= 11 is 12.2. The molecular weight excluding hydrogens is 367 g/mol. The van der Waals surface area contributed by atoms with Gasteiger partial charge in [-0.1, -0.05) is 23.2 Å². The summed E-state index contributed by atoms with van der Waals surface area (Å²) in [4.78, 5) is 28.3. The van der Waals surface area contributed by atoms with Crippen molar-refractivity contribution in [2.24, 2.45) is 0 Å². The Morgan fingerprint density at radius 1 is 1.00 bits per heavy atom. The third kappa shape index (κ3) is 3.60. The van der Waals surface area contributed by atoms with Crippen LogP contribution in [0.3, 0.4) is 0 Å². The summed E-state index contributed by atoms with van der Waals surface area (Å²) in [6.07, 6.45) is 2.88. The van der Waals surface area contributed by atoms with E-state index in [-0.39, 0.29) is 21.9 Å². The summed E-state index contributed by atoms with van der Waals surface area (Å²) < 4.78 is 10.0. The number of rotatable bonds is 3. The molecule has 0 atom stereocenters. The zero-order valence-electron chi connectivity index (χ0n) is 13.5. The molecule has 0 saturated carbocycles. The third-order valence-corrected chi connectivity index (χ3v) is 4.63. The van der Waals surface area contributed by atoms with Crippen LogP contribution in [0.25, 0.3) is 0 Å². The van der Waals surface area contributed by atoms with Crippen LogP contribution in [-0.2, 0) is 0 Å². The van der Waals surface area contributed by atoms with Crippen molar-refractivity contribution in [3.05, 3.63) is 51.9 Å². The second-order valence-electron chi connectivity index (χ2n) is 5.57. The van der Waals surface area contributed by atoms with E-state index < -0.39 is 0 Å². The molecule has 1 saturated heterocycles. The molecule has 0 N–H and O–H groups in total. The lowest BCUT2D eigenvalue weighted by Gasteiger charge is -2.34. The van der Waals surface area contributed by atoms with Crippen molar-refractivity contribution in [3.63, 3.8) is 0 Å². The number of piperazine rings is 1. The number of carbonyl (C=O) groups is 2. The first-order valence-corrected chi connectivity index (χ1v) is 8.40. The van der Waals surface area contributed by atoms with Gasteiger partial charge in [0.25, 0.3) is 11.8 Å². The number of carbonyl (C=O) groups excluding carboxylic acids is 2. The van der Waals surface area contributed by atoms with Gasteiger partial charge in [0, 0.05) is 31.7 Å². The van der Waals surface area contributed by atoms with Crippen molar-refractivity contribution < 1.29 is 18.7 Å². The van der Waals surface area contributed by atoms with Crippen molar-refractivity contribution in [1.82, 2.24) is 9.80 Å². The Kier molecular flexibility index (Phi) is 5.20. The number of nitrogens with zero attached hydrogens (tertiary/aromatic N) is 2. The molecule has 1 fully saturated rings. The van der Waals surface area contributed by atoms with Crippen LogP contribution in [0.1, 0.15) is 20.7 Å². The lowest BCUT2D eigenvalue weighted by Crippen LogP contribution is -2.50. The van der Waals surface area contributed by atoms with E-state index in [4.69, 9.17) is 32.4 Å². The maximum absolute atomic E-state index is 12.7. The summed E-state index contributed by atoms with van der Waals surface area (Å²) in [6, 6.07) is 4.70. The van der Waals surface area contributed by atoms with Crippen molar-refractivity contribution in [3.8, 4) is 5.75 Å². The molecule has 132 valence electrons. The van der Waals surface area contributed by atoms with E-state index in [0.717, 1.165) is 0 Å². The number of benzene rings is 1. The minimum Gasteiger partial charge on any atom is -0.494 e. The van der Waals surface area contributed by atoms with Crippen LogP contribution < -0.4 is 4.74 Å². The highest BCUT2D eigenvalue weighted by Crippen LogP contribution is 2.34. The maximum atomic E-state index is 12.7. The normalized spacial score (nSPS) is 14.5. The number of hydrogen-bond donors (Lipinski definition) is 0. The topological polar surface area (TPSA) is 63.0 Å². The Bertz CT molecular complexity index is 761. The predicted octanol–water partition coefficient (Wildman–Crippen LogP) is 3.19. The van der Waals surface area contributed by atoms with Gasteiger partial charge in [0.2, 0.25) is 0 Å². The van der Waals surface area contributed by atoms with Gasteiger partial charge in [0.15, 0.2) is 5.75 Å². The van der Waals surface area contributed by atoms with Crippen molar-refractivity contribution >= 4 is 35.0 Å². The van der Waals surface area contributed by atoms with E-state index in [1.54, 1.807) is 15.9 Å². The van der Waals surface area contributed by atoms with Crippen LogP contribution in [0, 0.1) is 0 Å². The fourth-order valence-electron chi connectivity index (χ4n) is 2.74. The van der Waals surface area contributed by atoms with Crippen LogP contribution >= 0.6 is 23.2 Å². The monoisotopic (exact) mass is 382 g/mol. The van der Waals surface area contributed by atoms with Gasteiger partial charge in [-0.3, -0.25) is 9.59 Å². The smallest absolute Gasteiger partial charge is 0.257 e. The minimum absolute atomic E-state index is 0.101. The Morgan fingerprint density at radius 3 is 1.96 bits per heavy atom. The minimum atomic E-state index is -0.179. The molecular formula is C17H16Cl2N2O4. The zero-order chi connectivity index (χ0) is 18.0. The first kappa shape index (κ1) is 17.6. The van der Waals surface area contributed by atoms with Crippen LogP contribution in [0.4, 0.5) is 0 Å². The van der Waals surface area contributed by atoms with E-state index in [2.05, 4.69) is 0 Å². The SMILES string of the molecule is COc1c(Cl)cc(C(=O)N2CCN(C(=O)c3ccoc3)CC2)cc1Cl. The molecule has 1 aromatic heterocycles. The Labute approximate surface area is 154 Å². The molecule has 0 spiro atoms.